The summed E-state index contributed by atoms with van der Waals surface area (Å²) in [6.45, 7) is 0.427. The summed E-state index contributed by atoms with van der Waals surface area (Å²) < 4.78 is 10.3. The number of aromatic nitrogens is 2. The Kier molecular flexibility index (Phi) is 2.44. The van der Waals surface area contributed by atoms with Crippen LogP contribution in [-0.2, 0) is 4.74 Å². The monoisotopic (exact) mass is 223 g/mol. The number of hydrogen-bond donors (Lipinski definition) is 1. The molecule has 16 heavy (non-hydrogen) atoms. The molecule has 0 radical (unpaired) electrons. The lowest BCUT2D eigenvalue weighted by atomic mass is 10.1. The first-order valence-electron chi connectivity index (χ1n) is 5.89. The maximum Gasteiger partial charge on any atom is 0.230 e. The first-order chi connectivity index (χ1) is 7.81. The van der Waals surface area contributed by atoms with Crippen LogP contribution in [-0.4, -0.2) is 23.9 Å². The summed E-state index contributed by atoms with van der Waals surface area (Å²) in [4.78, 5) is 4.39. The van der Waals surface area contributed by atoms with E-state index in [1.54, 1.807) is 7.11 Å². The van der Waals surface area contributed by atoms with Crippen molar-refractivity contribution in [3.8, 4) is 0 Å². The van der Waals surface area contributed by atoms with E-state index < -0.39 is 0 Å². The Hall–Kier alpha value is -0.940. The van der Waals surface area contributed by atoms with Crippen molar-refractivity contribution < 1.29 is 9.26 Å². The number of nitrogens with zero attached hydrogens (tertiary/aromatic N) is 2. The molecule has 2 saturated carbocycles. The fourth-order valence-electron chi connectivity index (χ4n) is 2.98. The first-order valence-corrected chi connectivity index (χ1v) is 5.89. The molecule has 2 aliphatic rings. The summed E-state index contributed by atoms with van der Waals surface area (Å²) in [6.07, 6.45) is 3.99. The van der Waals surface area contributed by atoms with Gasteiger partial charge in [-0.2, -0.15) is 4.98 Å². The van der Waals surface area contributed by atoms with E-state index in [-0.39, 0.29) is 6.04 Å². The zero-order valence-corrected chi connectivity index (χ0v) is 9.43. The van der Waals surface area contributed by atoms with Crippen LogP contribution >= 0.6 is 0 Å². The molecular weight excluding hydrogens is 206 g/mol. The number of ether oxygens (including phenoxy) is 1. The van der Waals surface area contributed by atoms with Crippen LogP contribution in [0.15, 0.2) is 4.52 Å². The van der Waals surface area contributed by atoms with Crippen LogP contribution in [0.5, 0.6) is 0 Å². The van der Waals surface area contributed by atoms with Crippen molar-refractivity contribution >= 4 is 0 Å². The van der Waals surface area contributed by atoms with E-state index in [9.17, 15) is 0 Å². The molecule has 2 fully saturated rings. The number of hydrogen-bond acceptors (Lipinski definition) is 5. The molecule has 1 aromatic heterocycles. The molecule has 3 atom stereocenters. The molecule has 2 aliphatic carbocycles. The number of rotatable bonds is 4. The van der Waals surface area contributed by atoms with E-state index in [0.29, 0.717) is 18.3 Å². The average Bonchev–Trinajstić information content (AvgIpc) is 2.76. The Bertz CT molecular complexity index is 369. The highest BCUT2D eigenvalue weighted by Gasteiger charge is 2.56. The van der Waals surface area contributed by atoms with Crippen LogP contribution in [0.2, 0.25) is 0 Å². The van der Waals surface area contributed by atoms with Gasteiger partial charge in [-0.3, -0.25) is 0 Å². The van der Waals surface area contributed by atoms with Crippen LogP contribution < -0.4 is 5.73 Å². The Balaban J connectivity index is 1.69. The summed E-state index contributed by atoms with van der Waals surface area (Å²) in [7, 11) is 1.62. The largest absolute Gasteiger partial charge is 0.383 e. The molecule has 2 N–H and O–H groups in total. The first kappa shape index (κ1) is 10.2. The molecule has 0 spiro atoms. The van der Waals surface area contributed by atoms with Crippen molar-refractivity contribution in [3.05, 3.63) is 11.7 Å². The van der Waals surface area contributed by atoms with E-state index in [0.717, 1.165) is 17.7 Å². The maximum atomic E-state index is 5.85. The molecular formula is C11H17N3O2. The van der Waals surface area contributed by atoms with Crippen LogP contribution in [0, 0.1) is 11.8 Å². The topological polar surface area (TPSA) is 74.2 Å². The third kappa shape index (κ3) is 1.55. The van der Waals surface area contributed by atoms with Crippen LogP contribution in [0.25, 0.3) is 0 Å². The summed E-state index contributed by atoms with van der Waals surface area (Å²) >= 11 is 0. The van der Waals surface area contributed by atoms with Crippen molar-refractivity contribution in [2.75, 3.05) is 13.7 Å². The van der Waals surface area contributed by atoms with Gasteiger partial charge < -0.3 is 15.0 Å². The van der Waals surface area contributed by atoms with Gasteiger partial charge in [0.1, 0.15) is 0 Å². The van der Waals surface area contributed by atoms with Crippen molar-refractivity contribution in [2.24, 2.45) is 17.6 Å². The highest BCUT2D eigenvalue weighted by Crippen LogP contribution is 2.62. The van der Waals surface area contributed by atoms with Crippen LogP contribution in [0.4, 0.5) is 0 Å². The van der Waals surface area contributed by atoms with E-state index in [4.69, 9.17) is 15.0 Å². The lowest BCUT2D eigenvalue weighted by Gasteiger charge is -2.03. The SMILES string of the molecule is COCC(N)c1noc(C2C3CCCC32)n1. The third-order valence-electron chi connectivity index (χ3n) is 3.83. The minimum atomic E-state index is -0.277. The van der Waals surface area contributed by atoms with Gasteiger partial charge >= 0.3 is 0 Å². The average molecular weight is 223 g/mol. The normalized spacial score (nSPS) is 33.8. The predicted molar refractivity (Wildman–Crippen MR) is 56.7 cm³/mol. The predicted octanol–water partition coefficient (Wildman–Crippen LogP) is 1.23. The Labute approximate surface area is 94.3 Å². The second kappa shape index (κ2) is 3.82. The molecule has 88 valence electrons. The van der Waals surface area contributed by atoms with Gasteiger partial charge in [0.05, 0.1) is 12.6 Å². The van der Waals surface area contributed by atoms with Gasteiger partial charge in [0.15, 0.2) is 5.82 Å². The molecule has 0 bridgehead atoms. The van der Waals surface area contributed by atoms with Crippen molar-refractivity contribution in [1.82, 2.24) is 10.1 Å². The molecule has 3 rings (SSSR count). The Morgan fingerprint density at radius 2 is 2.25 bits per heavy atom. The molecule has 0 amide bonds. The minimum Gasteiger partial charge on any atom is -0.383 e. The summed E-state index contributed by atoms with van der Waals surface area (Å²) in [5, 5.41) is 3.93. The molecule has 1 heterocycles. The molecule has 0 saturated heterocycles. The summed E-state index contributed by atoms with van der Waals surface area (Å²) in [5.41, 5.74) is 5.85. The lowest BCUT2D eigenvalue weighted by molar-refractivity contribution is 0.177. The smallest absolute Gasteiger partial charge is 0.230 e. The number of methoxy groups -OCH3 is 1. The highest BCUT2D eigenvalue weighted by atomic mass is 16.5. The van der Waals surface area contributed by atoms with E-state index in [1.807, 2.05) is 0 Å². The molecule has 5 heteroatoms. The quantitative estimate of drug-likeness (QED) is 0.831. The lowest BCUT2D eigenvalue weighted by Crippen LogP contribution is -2.17. The van der Waals surface area contributed by atoms with Crippen molar-refractivity contribution in [1.29, 1.82) is 0 Å². The van der Waals surface area contributed by atoms with E-state index in [2.05, 4.69) is 10.1 Å². The molecule has 1 aromatic rings. The standard InChI is InChI=1S/C11H17N3O2/c1-15-5-8(12)10-13-11(16-14-10)9-6-3-2-4-7(6)9/h6-9H,2-5,12H2,1H3. The zero-order chi connectivity index (χ0) is 11.1. The van der Waals surface area contributed by atoms with Gasteiger partial charge in [-0.05, 0) is 24.7 Å². The molecule has 3 unspecified atom stereocenters. The van der Waals surface area contributed by atoms with Crippen LogP contribution in [0.3, 0.4) is 0 Å². The number of nitrogens with two attached hydrogens (primary N) is 1. The molecule has 0 aliphatic heterocycles. The second-order valence-electron chi connectivity index (χ2n) is 4.84. The highest BCUT2D eigenvalue weighted by molar-refractivity contribution is 5.16. The molecule has 5 nitrogen and oxygen atoms in total. The molecule has 0 aromatic carbocycles. The Morgan fingerprint density at radius 3 is 2.94 bits per heavy atom. The minimum absolute atomic E-state index is 0.277. The number of fused-ring (bicyclic) bond motifs is 1. The maximum absolute atomic E-state index is 5.85. The van der Waals surface area contributed by atoms with E-state index >= 15 is 0 Å². The summed E-state index contributed by atoms with van der Waals surface area (Å²) in [5.74, 6) is 3.47. The van der Waals surface area contributed by atoms with Gasteiger partial charge in [0, 0.05) is 13.0 Å². The van der Waals surface area contributed by atoms with Crippen LogP contribution in [0.1, 0.15) is 42.9 Å². The van der Waals surface area contributed by atoms with Crippen molar-refractivity contribution in [3.63, 3.8) is 0 Å². The van der Waals surface area contributed by atoms with Gasteiger partial charge in [-0.1, -0.05) is 11.6 Å². The third-order valence-corrected chi connectivity index (χ3v) is 3.83. The fraction of sp³-hybridized carbons (Fsp3) is 0.818. The summed E-state index contributed by atoms with van der Waals surface area (Å²) in [6, 6.07) is -0.277. The Morgan fingerprint density at radius 1 is 1.50 bits per heavy atom. The van der Waals surface area contributed by atoms with Crippen molar-refractivity contribution in [2.45, 2.75) is 31.2 Å². The van der Waals surface area contributed by atoms with Gasteiger partial charge in [0.25, 0.3) is 0 Å². The van der Waals surface area contributed by atoms with Gasteiger partial charge in [0.2, 0.25) is 5.89 Å². The van der Waals surface area contributed by atoms with Gasteiger partial charge in [-0.15, -0.1) is 0 Å². The zero-order valence-electron chi connectivity index (χ0n) is 9.43. The van der Waals surface area contributed by atoms with Gasteiger partial charge in [-0.25, -0.2) is 0 Å². The fourth-order valence-corrected chi connectivity index (χ4v) is 2.98. The van der Waals surface area contributed by atoms with E-state index in [1.165, 1.54) is 19.3 Å². The second-order valence-corrected chi connectivity index (χ2v) is 4.84.